The summed E-state index contributed by atoms with van der Waals surface area (Å²) in [7, 11) is 0. The zero-order valence-corrected chi connectivity index (χ0v) is 14.8. The van der Waals surface area contributed by atoms with Crippen LogP contribution in [0.15, 0.2) is 60.7 Å². The van der Waals surface area contributed by atoms with E-state index in [0.717, 1.165) is 11.3 Å². The molecule has 0 aliphatic heterocycles. The van der Waals surface area contributed by atoms with Crippen molar-refractivity contribution >= 4 is 6.09 Å². The van der Waals surface area contributed by atoms with Gasteiger partial charge in [0.25, 0.3) is 0 Å². The van der Waals surface area contributed by atoms with E-state index in [1.165, 1.54) is 0 Å². The van der Waals surface area contributed by atoms with E-state index in [0.29, 0.717) is 39.6 Å². The SMILES string of the molecule is O=C(NCCOCCOCCOc1ccccc1)OCc1ccccc1. The van der Waals surface area contributed by atoms with Crippen LogP contribution in [0.25, 0.3) is 0 Å². The first-order valence-electron chi connectivity index (χ1n) is 8.62. The quantitative estimate of drug-likeness (QED) is 0.590. The summed E-state index contributed by atoms with van der Waals surface area (Å²) in [5.74, 6) is 0.831. The van der Waals surface area contributed by atoms with Crippen molar-refractivity contribution in [3.8, 4) is 5.75 Å². The molecule has 2 aromatic carbocycles. The Hall–Kier alpha value is -2.57. The molecule has 140 valence electrons. The van der Waals surface area contributed by atoms with Crippen molar-refractivity contribution < 1.29 is 23.7 Å². The second-order valence-corrected chi connectivity index (χ2v) is 5.37. The molecule has 0 fully saturated rings. The van der Waals surface area contributed by atoms with Crippen LogP contribution in [0, 0.1) is 0 Å². The van der Waals surface area contributed by atoms with Crippen molar-refractivity contribution in [3.05, 3.63) is 66.2 Å². The first kappa shape index (κ1) is 19.8. The molecule has 0 radical (unpaired) electrons. The number of carbonyl (C=O) groups excluding carboxylic acids is 1. The molecule has 0 atom stereocenters. The number of carbonyl (C=O) groups is 1. The van der Waals surface area contributed by atoms with Crippen LogP contribution in [0.5, 0.6) is 5.75 Å². The van der Waals surface area contributed by atoms with Crippen LogP contribution in [0.1, 0.15) is 5.56 Å². The molecule has 0 unspecified atom stereocenters. The van der Waals surface area contributed by atoms with Gasteiger partial charge in [-0.05, 0) is 17.7 Å². The van der Waals surface area contributed by atoms with Gasteiger partial charge < -0.3 is 24.3 Å². The number of benzene rings is 2. The van der Waals surface area contributed by atoms with Crippen molar-refractivity contribution in [2.24, 2.45) is 0 Å². The second-order valence-electron chi connectivity index (χ2n) is 5.37. The number of ether oxygens (including phenoxy) is 4. The van der Waals surface area contributed by atoms with Crippen LogP contribution in [0.3, 0.4) is 0 Å². The van der Waals surface area contributed by atoms with E-state index in [1.54, 1.807) is 0 Å². The highest BCUT2D eigenvalue weighted by atomic mass is 16.6. The largest absolute Gasteiger partial charge is 0.491 e. The number of nitrogens with one attached hydrogen (secondary N) is 1. The highest BCUT2D eigenvalue weighted by molar-refractivity contribution is 5.67. The summed E-state index contributed by atoms with van der Waals surface area (Å²) in [6.07, 6.45) is -0.452. The zero-order valence-electron chi connectivity index (χ0n) is 14.8. The van der Waals surface area contributed by atoms with Gasteiger partial charge in [-0.1, -0.05) is 48.5 Å². The first-order valence-corrected chi connectivity index (χ1v) is 8.62. The molecular formula is C20H25NO5. The predicted molar refractivity (Wildman–Crippen MR) is 98.2 cm³/mol. The van der Waals surface area contributed by atoms with Crippen LogP contribution in [0.4, 0.5) is 4.79 Å². The predicted octanol–water partition coefficient (Wildman–Crippen LogP) is 3.03. The molecule has 1 N–H and O–H groups in total. The van der Waals surface area contributed by atoms with Crippen molar-refractivity contribution in [2.75, 3.05) is 39.6 Å². The molecular weight excluding hydrogens is 334 g/mol. The van der Waals surface area contributed by atoms with E-state index < -0.39 is 6.09 Å². The lowest BCUT2D eigenvalue weighted by atomic mass is 10.2. The maximum absolute atomic E-state index is 11.5. The molecule has 1 amide bonds. The second kappa shape index (κ2) is 12.7. The topological polar surface area (TPSA) is 66.0 Å². The standard InChI is InChI=1S/C20H25NO5/c22-20(26-17-18-7-3-1-4-8-18)21-11-12-23-13-14-24-15-16-25-19-9-5-2-6-10-19/h1-10H,11-17H2,(H,21,22). The van der Waals surface area contributed by atoms with E-state index in [1.807, 2.05) is 60.7 Å². The number of rotatable bonds is 12. The third kappa shape index (κ3) is 9.05. The molecule has 0 spiro atoms. The Bertz CT molecular complexity index is 606. The Labute approximate surface area is 154 Å². The molecule has 2 rings (SSSR count). The lowest BCUT2D eigenvalue weighted by molar-refractivity contribution is 0.0369. The maximum atomic E-state index is 11.5. The van der Waals surface area contributed by atoms with Gasteiger partial charge in [-0.2, -0.15) is 0 Å². The van der Waals surface area contributed by atoms with Crippen LogP contribution in [-0.4, -0.2) is 45.7 Å². The summed E-state index contributed by atoms with van der Waals surface area (Å²) in [4.78, 5) is 11.5. The lowest BCUT2D eigenvalue weighted by Gasteiger charge is -2.09. The van der Waals surface area contributed by atoms with Crippen molar-refractivity contribution in [1.29, 1.82) is 0 Å². The smallest absolute Gasteiger partial charge is 0.407 e. The molecule has 0 heterocycles. The maximum Gasteiger partial charge on any atom is 0.407 e. The van der Waals surface area contributed by atoms with Gasteiger partial charge in [0, 0.05) is 6.54 Å². The fourth-order valence-electron chi connectivity index (χ4n) is 2.06. The van der Waals surface area contributed by atoms with Gasteiger partial charge in [-0.15, -0.1) is 0 Å². The number of hydrogen-bond donors (Lipinski definition) is 1. The average Bonchev–Trinajstić information content (AvgIpc) is 2.69. The van der Waals surface area contributed by atoms with Crippen molar-refractivity contribution in [3.63, 3.8) is 0 Å². The molecule has 0 aliphatic carbocycles. The summed E-state index contributed by atoms with van der Waals surface area (Å²) >= 11 is 0. The van der Waals surface area contributed by atoms with E-state index in [-0.39, 0.29) is 6.61 Å². The number of amides is 1. The Morgan fingerprint density at radius 2 is 1.38 bits per heavy atom. The van der Waals surface area contributed by atoms with Crippen molar-refractivity contribution in [1.82, 2.24) is 5.32 Å². The van der Waals surface area contributed by atoms with E-state index >= 15 is 0 Å². The fourth-order valence-corrected chi connectivity index (χ4v) is 2.06. The summed E-state index contributed by atoms with van der Waals surface area (Å²) < 4.78 is 21.4. The Balaban J connectivity index is 1.36. The van der Waals surface area contributed by atoms with Gasteiger partial charge in [-0.3, -0.25) is 0 Å². The number of alkyl carbamates (subject to hydrolysis) is 1. The summed E-state index contributed by atoms with van der Waals surface area (Å²) in [5, 5.41) is 2.64. The average molecular weight is 359 g/mol. The van der Waals surface area contributed by atoms with Crippen LogP contribution >= 0.6 is 0 Å². The minimum atomic E-state index is -0.452. The van der Waals surface area contributed by atoms with Crippen molar-refractivity contribution in [2.45, 2.75) is 6.61 Å². The Morgan fingerprint density at radius 1 is 0.769 bits per heavy atom. The van der Waals surface area contributed by atoms with Gasteiger partial charge in [-0.25, -0.2) is 4.79 Å². The number of hydrogen-bond acceptors (Lipinski definition) is 5. The molecule has 0 aromatic heterocycles. The van der Waals surface area contributed by atoms with Crippen LogP contribution in [-0.2, 0) is 20.8 Å². The highest BCUT2D eigenvalue weighted by Gasteiger charge is 2.01. The highest BCUT2D eigenvalue weighted by Crippen LogP contribution is 2.07. The molecule has 0 bridgehead atoms. The summed E-state index contributed by atoms with van der Waals surface area (Å²) in [6, 6.07) is 19.1. The van der Waals surface area contributed by atoms with E-state index in [9.17, 15) is 4.79 Å². The normalized spacial score (nSPS) is 10.3. The third-order valence-corrected chi connectivity index (χ3v) is 3.34. The monoisotopic (exact) mass is 359 g/mol. The van der Waals surface area contributed by atoms with Crippen LogP contribution < -0.4 is 10.1 Å². The van der Waals surface area contributed by atoms with E-state index in [4.69, 9.17) is 18.9 Å². The minimum absolute atomic E-state index is 0.256. The zero-order chi connectivity index (χ0) is 18.3. The van der Waals surface area contributed by atoms with Gasteiger partial charge in [0.1, 0.15) is 19.0 Å². The molecule has 6 heteroatoms. The van der Waals surface area contributed by atoms with Gasteiger partial charge in [0.2, 0.25) is 0 Å². The minimum Gasteiger partial charge on any atom is -0.491 e. The lowest BCUT2D eigenvalue weighted by Crippen LogP contribution is -2.28. The van der Waals surface area contributed by atoms with Gasteiger partial charge >= 0.3 is 6.09 Å². The first-order chi connectivity index (χ1) is 12.8. The Kier molecular flexibility index (Phi) is 9.68. The molecule has 0 aliphatic rings. The molecule has 0 saturated carbocycles. The molecule has 6 nitrogen and oxygen atoms in total. The molecule has 26 heavy (non-hydrogen) atoms. The molecule has 2 aromatic rings. The van der Waals surface area contributed by atoms with Gasteiger partial charge in [0.05, 0.1) is 26.4 Å². The van der Waals surface area contributed by atoms with Gasteiger partial charge in [0.15, 0.2) is 0 Å². The Morgan fingerprint density at radius 3 is 2.12 bits per heavy atom. The van der Waals surface area contributed by atoms with Crippen LogP contribution in [0.2, 0.25) is 0 Å². The molecule has 0 saturated heterocycles. The summed E-state index contributed by atoms with van der Waals surface area (Å²) in [6.45, 7) is 3.01. The van der Waals surface area contributed by atoms with E-state index in [2.05, 4.69) is 5.32 Å². The fraction of sp³-hybridized carbons (Fsp3) is 0.350. The summed E-state index contributed by atoms with van der Waals surface area (Å²) in [5.41, 5.74) is 0.951. The number of para-hydroxylation sites is 1. The third-order valence-electron chi connectivity index (χ3n) is 3.34.